The van der Waals surface area contributed by atoms with Crippen molar-refractivity contribution >= 4 is 11.8 Å². The van der Waals surface area contributed by atoms with E-state index < -0.39 is 86.3 Å². The molecule has 1 aromatic carbocycles. The van der Waals surface area contributed by atoms with Crippen molar-refractivity contribution in [3.8, 4) is 0 Å². The largest absolute Gasteiger partial charge is 0.394 e. The molecule has 0 aromatic heterocycles. The molecule has 0 spiro atoms. The number of carbonyl (C=O) groups excluding carboxylic acids is 2. The van der Waals surface area contributed by atoms with Crippen LogP contribution in [0.15, 0.2) is 30.3 Å². The molecular formula is C21H30N2O11. The molecule has 1 aromatic rings. The molecule has 2 saturated heterocycles. The van der Waals surface area contributed by atoms with Gasteiger partial charge in [0.25, 0.3) is 5.91 Å². The third-order valence-electron chi connectivity index (χ3n) is 5.75. The molecule has 0 unspecified atom stereocenters. The Kier molecular flexibility index (Phi) is 8.92. The highest BCUT2D eigenvalue weighted by atomic mass is 16.7. The van der Waals surface area contributed by atoms with Gasteiger partial charge in [-0.1, -0.05) is 18.2 Å². The number of benzene rings is 1. The fourth-order valence-electron chi connectivity index (χ4n) is 3.99. The molecule has 2 aliphatic heterocycles. The van der Waals surface area contributed by atoms with Crippen LogP contribution in [-0.2, 0) is 19.0 Å². The van der Waals surface area contributed by atoms with Gasteiger partial charge in [-0.05, 0) is 12.1 Å². The van der Waals surface area contributed by atoms with E-state index in [-0.39, 0.29) is 5.56 Å². The van der Waals surface area contributed by atoms with Crippen molar-refractivity contribution in [1.82, 2.24) is 10.6 Å². The van der Waals surface area contributed by atoms with Crippen LogP contribution in [-0.4, -0.2) is 117 Å². The summed E-state index contributed by atoms with van der Waals surface area (Å²) >= 11 is 0. The lowest BCUT2D eigenvalue weighted by atomic mass is 9.94. The molecule has 34 heavy (non-hydrogen) atoms. The molecule has 0 saturated carbocycles. The van der Waals surface area contributed by atoms with Crippen molar-refractivity contribution in [2.75, 3.05) is 13.2 Å². The Hall–Kier alpha value is -2.20. The van der Waals surface area contributed by atoms with Crippen LogP contribution < -0.4 is 10.6 Å². The molecule has 3 rings (SSSR count). The molecule has 10 atom stereocenters. The van der Waals surface area contributed by atoms with Gasteiger partial charge in [0.05, 0.1) is 19.3 Å². The lowest BCUT2D eigenvalue weighted by molar-refractivity contribution is -0.334. The molecular weight excluding hydrogens is 456 g/mol. The maximum Gasteiger partial charge on any atom is 0.251 e. The Labute approximate surface area is 194 Å². The van der Waals surface area contributed by atoms with Gasteiger partial charge in [-0.25, -0.2) is 0 Å². The molecule has 0 aliphatic carbocycles. The second kappa shape index (κ2) is 11.5. The third kappa shape index (κ3) is 5.71. The van der Waals surface area contributed by atoms with Crippen LogP contribution in [0.25, 0.3) is 0 Å². The number of nitrogens with one attached hydrogen (secondary N) is 2. The van der Waals surface area contributed by atoms with Gasteiger partial charge in [-0.2, -0.15) is 0 Å². The van der Waals surface area contributed by atoms with Crippen LogP contribution in [0.5, 0.6) is 0 Å². The summed E-state index contributed by atoms with van der Waals surface area (Å²) in [7, 11) is 0. The van der Waals surface area contributed by atoms with Gasteiger partial charge >= 0.3 is 0 Å². The Balaban J connectivity index is 1.80. The smallest absolute Gasteiger partial charge is 0.251 e. The van der Waals surface area contributed by atoms with Crippen molar-refractivity contribution < 1.29 is 54.4 Å². The Morgan fingerprint density at radius 1 is 0.882 bits per heavy atom. The number of amides is 2. The van der Waals surface area contributed by atoms with Crippen molar-refractivity contribution in [1.29, 1.82) is 0 Å². The van der Waals surface area contributed by atoms with Gasteiger partial charge in [-0.15, -0.1) is 0 Å². The molecule has 0 radical (unpaired) electrons. The van der Waals surface area contributed by atoms with Crippen LogP contribution in [0.4, 0.5) is 0 Å². The highest BCUT2D eigenvalue weighted by Crippen LogP contribution is 2.29. The predicted octanol–water partition coefficient (Wildman–Crippen LogP) is -3.82. The third-order valence-corrected chi connectivity index (χ3v) is 5.75. The summed E-state index contributed by atoms with van der Waals surface area (Å²) in [5.41, 5.74) is 0.259. The second-order valence-corrected chi connectivity index (χ2v) is 8.14. The lowest BCUT2D eigenvalue weighted by Crippen LogP contribution is -2.68. The van der Waals surface area contributed by atoms with Crippen LogP contribution in [0.2, 0.25) is 0 Å². The zero-order valence-electron chi connectivity index (χ0n) is 18.3. The fourth-order valence-corrected chi connectivity index (χ4v) is 3.99. The van der Waals surface area contributed by atoms with Crippen LogP contribution in [0, 0.1) is 0 Å². The molecule has 2 fully saturated rings. The van der Waals surface area contributed by atoms with Crippen molar-refractivity contribution in [3.05, 3.63) is 35.9 Å². The summed E-state index contributed by atoms with van der Waals surface area (Å²) < 4.78 is 16.4. The average Bonchev–Trinajstić information content (AvgIpc) is 2.82. The molecule has 13 heteroatoms. The molecule has 190 valence electrons. The highest BCUT2D eigenvalue weighted by Gasteiger charge is 2.51. The zero-order valence-corrected chi connectivity index (χ0v) is 18.3. The minimum Gasteiger partial charge on any atom is -0.394 e. The van der Waals surface area contributed by atoms with E-state index in [9.17, 15) is 40.2 Å². The summed E-state index contributed by atoms with van der Waals surface area (Å²) in [6.45, 7) is -0.227. The normalized spacial score (nSPS) is 38.2. The minimum atomic E-state index is -1.68. The Bertz CT molecular complexity index is 828. The first-order valence-corrected chi connectivity index (χ1v) is 10.7. The van der Waals surface area contributed by atoms with Gasteiger partial charge in [0.15, 0.2) is 12.6 Å². The number of rotatable bonds is 7. The predicted molar refractivity (Wildman–Crippen MR) is 112 cm³/mol. The van der Waals surface area contributed by atoms with E-state index in [0.29, 0.717) is 0 Å². The van der Waals surface area contributed by atoms with E-state index in [1.807, 2.05) is 0 Å². The first-order valence-electron chi connectivity index (χ1n) is 10.7. The molecule has 13 nitrogen and oxygen atoms in total. The molecule has 8 N–H and O–H groups in total. The van der Waals surface area contributed by atoms with E-state index in [2.05, 4.69) is 10.6 Å². The highest BCUT2D eigenvalue weighted by molar-refractivity contribution is 5.94. The summed E-state index contributed by atoms with van der Waals surface area (Å²) in [5.74, 6) is -1.18. The number of ether oxygens (including phenoxy) is 3. The van der Waals surface area contributed by atoms with Crippen molar-refractivity contribution in [3.63, 3.8) is 0 Å². The van der Waals surface area contributed by atoms with Gasteiger partial charge in [0.2, 0.25) is 5.91 Å². The first kappa shape index (κ1) is 26.4. The monoisotopic (exact) mass is 486 g/mol. The van der Waals surface area contributed by atoms with Crippen LogP contribution in [0.3, 0.4) is 0 Å². The summed E-state index contributed by atoms with van der Waals surface area (Å²) in [4.78, 5) is 24.0. The van der Waals surface area contributed by atoms with Crippen LogP contribution in [0.1, 0.15) is 17.3 Å². The van der Waals surface area contributed by atoms with E-state index in [4.69, 9.17) is 14.2 Å². The molecule has 2 aliphatic rings. The Morgan fingerprint density at radius 2 is 1.53 bits per heavy atom. The molecule has 0 bridgehead atoms. The summed E-state index contributed by atoms with van der Waals surface area (Å²) in [6, 6.07) is 5.37. The number of carbonyl (C=O) groups is 2. The Morgan fingerprint density at radius 3 is 2.12 bits per heavy atom. The summed E-state index contributed by atoms with van der Waals surface area (Å²) in [5, 5.41) is 66.2. The van der Waals surface area contributed by atoms with Gasteiger partial charge in [0.1, 0.15) is 42.7 Å². The van der Waals surface area contributed by atoms with E-state index in [1.54, 1.807) is 18.2 Å². The van der Waals surface area contributed by atoms with Gasteiger partial charge < -0.3 is 55.5 Å². The number of hydrogen-bond donors (Lipinski definition) is 8. The maximum atomic E-state index is 12.6. The SMILES string of the molecule is CC(=O)N[C@@H]1[C@@H](O)[C@H](O[C@@H]2O[C@H](CO)[C@H](O)[C@H](NC(=O)c3ccccc3)[C@H]2O)[C@@H](CO)O[C@H]1O. The molecule has 2 amide bonds. The average molecular weight is 486 g/mol. The van der Waals surface area contributed by atoms with E-state index >= 15 is 0 Å². The van der Waals surface area contributed by atoms with Gasteiger partial charge in [0, 0.05) is 12.5 Å². The van der Waals surface area contributed by atoms with Crippen molar-refractivity contribution in [2.24, 2.45) is 0 Å². The van der Waals surface area contributed by atoms with Crippen molar-refractivity contribution in [2.45, 2.75) is 68.2 Å². The number of aliphatic hydroxyl groups excluding tert-OH is 6. The maximum absolute atomic E-state index is 12.6. The standard InChI is InChI=1S/C21H30N2O11/c1-9(26)22-14-16(28)18(12(8-25)32-20(14)31)34-21-17(29)13(15(27)11(7-24)33-21)23-19(30)10-5-3-2-4-6-10/h2-6,11-18,20-21,24-25,27-29,31H,7-8H2,1H3,(H,22,26)(H,23,30)/t11-,12-,13+,14-,15+,16-,17-,18-,20-,21+/m1/s1. The van der Waals surface area contributed by atoms with Gasteiger partial charge in [-0.3, -0.25) is 9.59 Å². The quantitative estimate of drug-likeness (QED) is 0.187. The lowest BCUT2D eigenvalue weighted by Gasteiger charge is -2.47. The van der Waals surface area contributed by atoms with E-state index in [0.717, 1.165) is 6.92 Å². The van der Waals surface area contributed by atoms with Crippen LogP contribution >= 0.6 is 0 Å². The summed E-state index contributed by atoms with van der Waals surface area (Å²) in [6.07, 6.45) is -12.0. The second-order valence-electron chi connectivity index (χ2n) is 8.14. The zero-order chi connectivity index (χ0) is 25.0. The number of aliphatic hydroxyl groups is 6. The molecule has 2 heterocycles. The number of hydrogen-bond acceptors (Lipinski definition) is 11. The van der Waals surface area contributed by atoms with E-state index in [1.165, 1.54) is 12.1 Å². The fraction of sp³-hybridized carbons (Fsp3) is 0.619. The minimum absolute atomic E-state index is 0.259. The first-order chi connectivity index (χ1) is 16.2. The topological polar surface area (TPSA) is 207 Å².